The third-order valence-corrected chi connectivity index (χ3v) is 5.45. The first-order chi connectivity index (χ1) is 11.0. The van der Waals surface area contributed by atoms with Gasteiger partial charge in [0.1, 0.15) is 11.5 Å². The highest BCUT2D eigenvalue weighted by Gasteiger charge is 2.36. The van der Waals surface area contributed by atoms with E-state index in [0.717, 1.165) is 25.9 Å². The number of carbonyl (C=O) groups is 1. The van der Waals surface area contributed by atoms with Gasteiger partial charge in [0, 0.05) is 18.7 Å². The molecule has 1 aromatic carbocycles. The fourth-order valence-corrected chi connectivity index (χ4v) is 4.00. The van der Waals surface area contributed by atoms with Crippen molar-refractivity contribution in [2.45, 2.75) is 18.9 Å². The highest BCUT2D eigenvalue weighted by molar-refractivity contribution is 9.10. The van der Waals surface area contributed by atoms with Gasteiger partial charge in [0.2, 0.25) is 5.91 Å². The second-order valence-corrected chi connectivity index (χ2v) is 6.88. The Morgan fingerprint density at radius 3 is 2.43 bits per heavy atom. The lowest BCUT2D eigenvalue weighted by atomic mass is 9.83. The van der Waals surface area contributed by atoms with Crippen LogP contribution in [0, 0.1) is 11.1 Å². The minimum Gasteiger partial charge on any atom is -0.756 e. The Kier molecular flexibility index (Phi) is 4.79. The quantitative estimate of drug-likeness (QED) is 0.747. The van der Waals surface area contributed by atoms with Gasteiger partial charge in [-0.25, -0.2) is 0 Å². The van der Waals surface area contributed by atoms with Gasteiger partial charge in [0.15, 0.2) is 0 Å². The van der Waals surface area contributed by atoms with Gasteiger partial charge in [-0.15, -0.1) is 0 Å². The van der Waals surface area contributed by atoms with E-state index < -0.39 is 5.91 Å². The SMILES string of the molecule is COc1cc(OC)c(C(=O)N([O-])C2CN3CCC2CC3)cc1Br. The predicted molar refractivity (Wildman–Crippen MR) is 89.7 cm³/mol. The van der Waals surface area contributed by atoms with Crippen LogP contribution in [-0.2, 0) is 0 Å². The van der Waals surface area contributed by atoms with Crippen LogP contribution in [0.4, 0.5) is 0 Å². The summed E-state index contributed by atoms with van der Waals surface area (Å²) in [5.74, 6) is 0.647. The van der Waals surface area contributed by atoms with E-state index >= 15 is 0 Å². The Morgan fingerprint density at radius 2 is 1.91 bits per heavy atom. The number of hydroxylamine groups is 2. The van der Waals surface area contributed by atoms with Gasteiger partial charge in [0.25, 0.3) is 0 Å². The molecule has 0 aliphatic carbocycles. The zero-order valence-electron chi connectivity index (χ0n) is 13.3. The number of piperidine rings is 3. The number of nitrogens with zero attached hydrogens (tertiary/aromatic N) is 2. The van der Waals surface area contributed by atoms with E-state index in [1.807, 2.05) is 0 Å². The van der Waals surface area contributed by atoms with Crippen LogP contribution in [0.1, 0.15) is 23.2 Å². The molecule has 0 spiro atoms. The molecule has 126 valence electrons. The summed E-state index contributed by atoms with van der Waals surface area (Å²) in [4.78, 5) is 15.0. The van der Waals surface area contributed by atoms with Crippen LogP contribution in [0.2, 0.25) is 0 Å². The van der Waals surface area contributed by atoms with Crippen molar-refractivity contribution >= 4 is 21.8 Å². The van der Waals surface area contributed by atoms with Crippen molar-refractivity contribution in [2.24, 2.45) is 5.92 Å². The standard InChI is InChI=1S/C16H20BrN2O4/c1-22-14-8-15(23-2)12(17)7-11(14)16(20)19(21)13-9-18-5-3-10(13)4-6-18/h7-8,10,13H,3-6,9H2,1-2H3/q-1. The Hall–Kier alpha value is -1.31. The molecule has 0 aromatic heterocycles. The van der Waals surface area contributed by atoms with Gasteiger partial charge < -0.3 is 24.6 Å². The molecule has 3 aliphatic heterocycles. The molecular weight excluding hydrogens is 364 g/mol. The summed E-state index contributed by atoms with van der Waals surface area (Å²) < 4.78 is 11.1. The lowest BCUT2D eigenvalue weighted by molar-refractivity contribution is 0.0229. The molecule has 1 atom stereocenters. The smallest absolute Gasteiger partial charge is 0.247 e. The summed E-state index contributed by atoms with van der Waals surface area (Å²) in [7, 11) is 3.01. The van der Waals surface area contributed by atoms with Crippen molar-refractivity contribution in [2.75, 3.05) is 33.9 Å². The maximum Gasteiger partial charge on any atom is 0.247 e. The molecule has 1 aromatic rings. The largest absolute Gasteiger partial charge is 0.756 e. The van der Waals surface area contributed by atoms with Crippen molar-refractivity contribution in [3.8, 4) is 11.5 Å². The second-order valence-electron chi connectivity index (χ2n) is 6.02. The number of amides is 1. The van der Waals surface area contributed by atoms with Crippen LogP contribution in [0.25, 0.3) is 0 Å². The summed E-state index contributed by atoms with van der Waals surface area (Å²) in [5.41, 5.74) is 0.256. The van der Waals surface area contributed by atoms with Crippen LogP contribution in [-0.4, -0.2) is 55.8 Å². The van der Waals surface area contributed by atoms with E-state index in [9.17, 15) is 10.0 Å². The van der Waals surface area contributed by atoms with E-state index in [-0.39, 0.29) is 11.6 Å². The van der Waals surface area contributed by atoms with Crippen LogP contribution in [0.15, 0.2) is 16.6 Å². The minimum absolute atomic E-state index is 0.256. The normalized spacial score (nSPS) is 26.0. The fourth-order valence-electron chi connectivity index (χ4n) is 3.50. The first-order valence-electron chi connectivity index (χ1n) is 7.69. The van der Waals surface area contributed by atoms with E-state index in [0.29, 0.717) is 33.5 Å². The van der Waals surface area contributed by atoms with Gasteiger partial charge in [-0.2, -0.15) is 0 Å². The monoisotopic (exact) mass is 383 g/mol. The molecule has 3 aliphatic rings. The molecule has 0 radical (unpaired) electrons. The first kappa shape index (κ1) is 16.5. The molecule has 4 rings (SSSR count). The number of hydrogen-bond acceptors (Lipinski definition) is 5. The summed E-state index contributed by atoms with van der Waals surface area (Å²) in [6, 6.07) is 2.93. The van der Waals surface area contributed by atoms with Crippen LogP contribution in [0.3, 0.4) is 0 Å². The van der Waals surface area contributed by atoms with Gasteiger partial charge in [-0.3, -0.25) is 4.79 Å². The summed E-state index contributed by atoms with van der Waals surface area (Å²) in [6.07, 6.45) is 1.97. The lowest BCUT2D eigenvalue weighted by Crippen LogP contribution is -2.57. The predicted octanol–water partition coefficient (Wildman–Crippen LogP) is 2.50. The lowest BCUT2D eigenvalue weighted by Gasteiger charge is -2.51. The molecule has 6 nitrogen and oxygen atoms in total. The van der Waals surface area contributed by atoms with Crippen molar-refractivity contribution < 1.29 is 14.3 Å². The Labute approximate surface area is 144 Å². The average Bonchev–Trinajstić information content (AvgIpc) is 2.61. The number of methoxy groups -OCH3 is 2. The van der Waals surface area contributed by atoms with E-state index in [1.165, 1.54) is 14.2 Å². The number of ether oxygens (including phenoxy) is 2. The van der Waals surface area contributed by atoms with Crippen LogP contribution < -0.4 is 9.47 Å². The van der Waals surface area contributed by atoms with Crippen molar-refractivity contribution in [3.05, 3.63) is 27.4 Å². The average molecular weight is 384 g/mol. The molecule has 1 unspecified atom stereocenters. The molecule has 0 N–H and O–H groups in total. The zero-order valence-corrected chi connectivity index (χ0v) is 14.8. The van der Waals surface area contributed by atoms with Gasteiger partial charge >= 0.3 is 0 Å². The number of halogens is 1. The van der Waals surface area contributed by atoms with Crippen LogP contribution in [0.5, 0.6) is 11.5 Å². The fraction of sp³-hybridized carbons (Fsp3) is 0.562. The number of hydrogen-bond donors (Lipinski definition) is 0. The summed E-state index contributed by atoms with van der Waals surface area (Å²) in [5, 5.41) is 13.3. The second kappa shape index (κ2) is 6.67. The molecular formula is C16H20BrN2O4-. The minimum atomic E-state index is -0.552. The van der Waals surface area contributed by atoms with Crippen molar-refractivity contribution in [3.63, 3.8) is 0 Å². The topological polar surface area (TPSA) is 65.1 Å². The highest BCUT2D eigenvalue weighted by Crippen LogP contribution is 2.35. The molecule has 0 saturated carbocycles. The third-order valence-electron chi connectivity index (χ3n) is 4.83. The Bertz CT molecular complexity index is 602. The highest BCUT2D eigenvalue weighted by atomic mass is 79.9. The summed E-state index contributed by atoms with van der Waals surface area (Å²) >= 11 is 3.36. The number of fused-ring (bicyclic) bond motifs is 3. The molecule has 3 fully saturated rings. The van der Waals surface area contributed by atoms with E-state index in [1.54, 1.807) is 12.1 Å². The number of carbonyl (C=O) groups excluding carboxylic acids is 1. The molecule has 3 heterocycles. The first-order valence-corrected chi connectivity index (χ1v) is 8.49. The number of rotatable bonds is 4. The maximum absolute atomic E-state index is 12.7. The molecule has 23 heavy (non-hydrogen) atoms. The van der Waals surface area contributed by atoms with Crippen molar-refractivity contribution in [1.29, 1.82) is 0 Å². The van der Waals surface area contributed by atoms with E-state index in [4.69, 9.17) is 9.47 Å². The molecule has 7 heteroatoms. The summed E-state index contributed by atoms with van der Waals surface area (Å²) in [6.45, 7) is 2.72. The Morgan fingerprint density at radius 1 is 1.26 bits per heavy atom. The molecule has 3 saturated heterocycles. The number of benzene rings is 1. The molecule has 2 bridgehead atoms. The van der Waals surface area contributed by atoms with Crippen LogP contribution >= 0.6 is 15.9 Å². The van der Waals surface area contributed by atoms with Gasteiger partial charge in [0.05, 0.1) is 24.3 Å². The zero-order chi connectivity index (χ0) is 16.6. The molecule has 1 amide bonds. The van der Waals surface area contributed by atoms with Gasteiger partial charge in [-0.1, -0.05) is 0 Å². The third kappa shape index (κ3) is 3.05. The maximum atomic E-state index is 12.7. The van der Waals surface area contributed by atoms with Gasteiger partial charge in [-0.05, 0) is 53.8 Å². The Balaban J connectivity index is 1.86. The van der Waals surface area contributed by atoms with Crippen molar-refractivity contribution in [1.82, 2.24) is 9.96 Å². The van der Waals surface area contributed by atoms with E-state index in [2.05, 4.69) is 20.8 Å².